The molecule has 0 amide bonds. The first kappa shape index (κ1) is 11.7. The molecule has 0 bridgehead atoms. The number of rotatable bonds is 5. The average Bonchev–Trinajstić information content (AvgIpc) is 2.26. The van der Waals surface area contributed by atoms with Crippen molar-refractivity contribution in [1.82, 2.24) is 0 Å². The van der Waals surface area contributed by atoms with Crippen molar-refractivity contribution in [3.8, 4) is 11.5 Å². The fourth-order valence-corrected chi connectivity index (χ4v) is 1.09. The number of aliphatic hydroxyl groups excluding tert-OH is 1. The molecule has 0 saturated heterocycles. The van der Waals surface area contributed by atoms with Gasteiger partial charge in [-0.15, -0.1) is 0 Å². The Balaban J connectivity index is 2.59. The van der Waals surface area contributed by atoms with Gasteiger partial charge in [-0.2, -0.15) is 0 Å². The van der Waals surface area contributed by atoms with E-state index in [0.717, 1.165) is 0 Å². The quantitative estimate of drug-likeness (QED) is 0.720. The lowest BCUT2D eigenvalue weighted by Gasteiger charge is -2.11. The summed E-state index contributed by atoms with van der Waals surface area (Å²) in [5, 5.41) is 8.82. The minimum atomic E-state index is 0.117. The van der Waals surface area contributed by atoms with Crippen molar-refractivity contribution in [1.29, 1.82) is 0 Å². The molecule has 0 saturated carbocycles. The zero-order valence-electron chi connectivity index (χ0n) is 9.06. The summed E-state index contributed by atoms with van der Waals surface area (Å²) in [5.74, 6) is 1.44. The molecule has 1 atom stereocenters. The second kappa shape index (κ2) is 5.46. The maximum absolute atomic E-state index is 8.82. The standard InChI is InChI=1S/C11H17NO3/c1-8(6-13)7-15-9-3-4-11(14-2)10(12)5-9/h3-5,8,13H,6-7,12H2,1-2H3. The molecule has 1 aromatic carbocycles. The van der Waals surface area contributed by atoms with Gasteiger partial charge in [0.1, 0.15) is 11.5 Å². The van der Waals surface area contributed by atoms with Crippen molar-refractivity contribution in [3.63, 3.8) is 0 Å². The first-order chi connectivity index (χ1) is 7.17. The van der Waals surface area contributed by atoms with Crippen LogP contribution in [-0.2, 0) is 0 Å². The van der Waals surface area contributed by atoms with E-state index >= 15 is 0 Å². The molecule has 3 N–H and O–H groups in total. The van der Waals surface area contributed by atoms with Crippen molar-refractivity contribution in [2.45, 2.75) is 6.92 Å². The molecule has 0 aliphatic heterocycles. The average molecular weight is 211 g/mol. The van der Waals surface area contributed by atoms with Crippen LogP contribution in [0.15, 0.2) is 18.2 Å². The Bertz CT molecular complexity index is 315. The van der Waals surface area contributed by atoms with Gasteiger partial charge in [0.25, 0.3) is 0 Å². The Kier molecular flexibility index (Phi) is 4.24. The molecule has 0 spiro atoms. The number of hydrogen-bond donors (Lipinski definition) is 2. The Labute approximate surface area is 89.6 Å². The van der Waals surface area contributed by atoms with Gasteiger partial charge >= 0.3 is 0 Å². The Hall–Kier alpha value is -1.42. The molecule has 0 aromatic heterocycles. The third kappa shape index (κ3) is 3.32. The van der Waals surface area contributed by atoms with Crippen molar-refractivity contribution < 1.29 is 14.6 Å². The van der Waals surface area contributed by atoms with Gasteiger partial charge in [-0.1, -0.05) is 6.92 Å². The topological polar surface area (TPSA) is 64.7 Å². The van der Waals surface area contributed by atoms with E-state index in [4.69, 9.17) is 20.3 Å². The lowest BCUT2D eigenvalue weighted by Crippen LogP contribution is -2.12. The highest BCUT2D eigenvalue weighted by Gasteiger charge is 2.04. The number of benzene rings is 1. The summed E-state index contributed by atoms with van der Waals surface area (Å²) in [6.07, 6.45) is 0. The van der Waals surface area contributed by atoms with Crippen LogP contribution in [0.1, 0.15) is 6.92 Å². The number of nitrogens with two attached hydrogens (primary N) is 1. The largest absolute Gasteiger partial charge is 0.495 e. The monoisotopic (exact) mass is 211 g/mol. The normalized spacial score (nSPS) is 12.2. The molecule has 15 heavy (non-hydrogen) atoms. The summed E-state index contributed by atoms with van der Waals surface area (Å²) < 4.78 is 10.5. The first-order valence-electron chi connectivity index (χ1n) is 4.84. The van der Waals surface area contributed by atoms with Crippen molar-refractivity contribution in [3.05, 3.63) is 18.2 Å². The SMILES string of the molecule is COc1ccc(OCC(C)CO)cc1N. The van der Waals surface area contributed by atoms with Gasteiger partial charge in [-0.3, -0.25) is 0 Å². The highest BCUT2D eigenvalue weighted by Crippen LogP contribution is 2.26. The van der Waals surface area contributed by atoms with Gasteiger partial charge in [0.05, 0.1) is 19.4 Å². The summed E-state index contributed by atoms with van der Waals surface area (Å²) in [5.41, 5.74) is 6.26. The van der Waals surface area contributed by atoms with E-state index in [1.54, 1.807) is 25.3 Å². The number of methoxy groups -OCH3 is 1. The summed E-state index contributed by atoms with van der Waals surface area (Å²) in [4.78, 5) is 0. The molecule has 1 unspecified atom stereocenters. The summed E-state index contributed by atoms with van der Waals surface area (Å²) in [6, 6.07) is 5.26. The highest BCUT2D eigenvalue weighted by molar-refractivity contribution is 5.56. The zero-order chi connectivity index (χ0) is 11.3. The molecule has 0 fully saturated rings. The van der Waals surface area contributed by atoms with Gasteiger partial charge in [0.2, 0.25) is 0 Å². The second-order valence-corrected chi connectivity index (χ2v) is 3.50. The van der Waals surface area contributed by atoms with E-state index in [1.807, 2.05) is 6.92 Å². The van der Waals surface area contributed by atoms with Crippen LogP contribution in [0.4, 0.5) is 5.69 Å². The van der Waals surface area contributed by atoms with Gasteiger partial charge in [0, 0.05) is 18.6 Å². The third-order valence-corrected chi connectivity index (χ3v) is 2.05. The molecule has 4 heteroatoms. The molecule has 4 nitrogen and oxygen atoms in total. The van der Waals surface area contributed by atoms with Crippen molar-refractivity contribution in [2.75, 3.05) is 26.1 Å². The maximum Gasteiger partial charge on any atom is 0.142 e. The Morgan fingerprint density at radius 2 is 2.20 bits per heavy atom. The fourth-order valence-electron chi connectivity index (χ4n) is 1.09. The minimum Gasteiger partial charge on any atom is -0.495 e. The van der Waals surface area contributed by atoms with Crippen LogP contribution in [0.25, 0.3) is 0 Å². The molecule has 0 aliphatic rings. The van der Waals surface area contributed by atoms with Gasteiger partial charge < -0.3 is 20.3 Å². The molecule has 1 aromatic rings. The number of ether oxygens (including phenoxy) is 2. The predicted octanol–water partition coefficient (Wildman–Crippen LogP) is 1.28. The predicted molar refractivity (Wildman–Crippen MR) is 59.2 cm³/mol. The second-order valence-electron chi connectivity index (χ2n) is 3.50. The van der Waals surface area contributed by atoms with Crippen LogP contribution in [0.2, 0.25) is 0 Å². The molecule has 84 valence electrons. The van der Waals surface area contributed by atoms with Gasteiger partial charge in [0.15, 0.2) is 0 Å². The first-order valence-corrected chi connectivity index (χ1v) is 4.84. The summed E-state index contributed by atoms with van der Waals surface area (Å²) in [7, 11) is 1.57. The summed E-state index contributed by atoms with van der Waals surface area (Å²) >= 11 is 0. The van der Waals surface area contributed by atoms with Crippen LogP contribution in [0.5, 0.6) is 11.5 Å². The molecular weight excluding hydrogens is 194 g/mol. The lowest BCUT2D eigenvalue weighted by atomic mass is 10.2. The van der Waals surface area contributed by atoms with Crippen molar-refractivity contribution in [2.24, 2.45) is 5.92 Å². The zero-order valence-corrected chi connectivity index (χ0v) is 9.06. The molecule has 0 heterocycles. The van der Waals surface area contributed by atoms with Crippen LogP contribution in [0, 0.1) is 5.92 Å². The van der Waals surface area contributed by atoms with Crippen LogP contribution in [-0.4, -0.2) is 25.4 Å². The van der Waals surface area contributed by atoms with E-state index in [1.165, 1.54) is 0 Å². The smallest absolute Gasteiger partial charge is 0.142 e. The fraction of sp³-hybridized carbons (Fsp3) is 0.455. The van der Waals surface area contributed by atoms with E-state index in [9.17, 15) is 0 Å². The maximum atomic E-state index is 8.82. The van der Waals surface area contributed by atoms with Crippen LogP contribution >= 0.6 is 0 Å². The van der Waals surface area contributed by atoms with Crippen LogP contribution in [0.3, 0.4) is 0 Å². The van der Waals surface area contributed by atoms with E-state index < -0.39 is 0 Å². The molecule has 1 rings (SSSR count). The third-order valence-electron chi connectivity index (χ3n) is 2.05. The number of hydrogen-bond acceptors (Lipinski definition) is 4. The van der Waals surface area contributed by atoms with Gasteiger partial charge in [-0.25, -0.2) is 0 Å². The van der Waals surface area contributed by atoms with Crippen molar-refractivity contribution >= 4 is 5.69 Å². The van der Waals surface area contributed by atoms with Gasteiger partial charge in [-0.05, 0) is 12.1 Å². The summed E-state index contributed by atoms with van der Waals surface area (Å²) in [6.45, 7) is 2.50. The Morgan fingerprint density at radius 1 is 1.47 bits per heavy atom. The number of anilines is 1. The number of nitrogen functional groups attached to an aromatic ring is 1. The van der Waals surface area contributed by atoms with E-state index in [2.05, 4.69) is 0 Å². The van der Waals surface area contributed by atoms with E-state index in [-0.39, 0.29) is 12.5 Å². The lowest BCUT2D eigenvalue weighted by molar-refractivity contribution is 0.174. The van der Waals surface area contributed by atoms with Crippen LogP contribution < -0.4 is 15.2 Å². The molecular formula is C11H17NO3. The molecule has 0 aliphatic carbocycles. The highest BCUT2D eigenvalue weighted by atomic mass is 16.5. The number of aliphatic hydroxyl groups is 1. The Morgan fingerprint density at radius 3 is 2.73 bits per heavy atom. The van der Waals surface area contributed by atoms with E-state index in [0.29, 0.717) is 23.8 Å². The minimum absolute atomic E-state index is 0.117. The molecule has 0 radical (unpaired) electrons.